The van der Waals surface area contributed by atoms with Crippen LogP contribution in [0.15, 0.2) is 0 Å². The van der Waals surface area contributed by atoms with Gasteiger partial charge >= 0.3 is 6.09 Å². The molecule has 17 heavy (non-hydrogen) atoms. The fourth-order valence-corrected chi connectivity index (χ4v) is 1.32. The number of carbonyl (C=O) groups excluding carboxylic acids is 2. The van der Waals surface area contributed by atoms with E-state index >= 15 is 0 Å². The average Bonchev–Trinajstić information content (AvgIpc) is 2.13. The van der Waals surface area contributed by atoms with Crippen molar-refractivity contribution in [3.05, 3.63) is 0 Å². The minimum Gasteiger partial charge on any atom is -0.444 e. The highest BCUT2D eigenvalue weighted by molar-refractivity contribution is 5.85. The summed E-state index contributed by atoms with van der Waals surface area (Å²) in [5.74, 6) is -0.0621. The number of rotatable bonds is 6. The number of amides is 1. The van der Waals surface area contributed by atoms with Crippen molar-refractivity contribution in [3.8, 4) is 0 Å². The fourth-order valence-electron chi connectivity index (χ4n) is 1.32. The molecule has 0 aliphatic rings. The lowest BCUT2D eigenvalue weighted by molar-refractivity contribution is -0.119. The Kier molecular flexibility index (Phi) is 6.80. The molecule has 0 aliphatic carbocycles. The van der Waals surface area contributed by atoms with E-state index in [2.05, 4.69) is 5.32 Å². The summed E-state index contributed by atoms with van der Waals surface area (Å²) in [4.78, 5) is 22.8. The second kappa shape index (κ2) is 7.27. The third-order valence-corrected chi connectivity index (χ3v) is 2.13. The molecule has 5 nitrogen and oxygen atoms in total. The number of carbonyl (C=O) groups is 2. The molecule has 5 heteroatoms. The summed E-state index contributed by atoms with van der Waals surface area (Å²) in [6, 6.07) is -0.476. The molecular formula is C12H24N2O3. The van der Waals surface area contributed by atoms with Gasteiger partial charge in [-0.05, 0) is 53.5 Å². The van der Waals surface area contributed by atoms with Crippen LogP contribution in [0.4, 0.5) is 4.79 Å². The lowest BCUT2D eigenvalue weighted by Gasteiger charge is -2.22. The molecule has 0 aromatic heterocycles. The summed E-state index contributed by atoms with van der Waals surface area (Å²) in [6.45, 7) is 7.40. The quantitative estimate of drug-likeness (QED) is 0.695. The van der Waals surface area contributed by atoms with Gasteiger partial charge in [-0.3, -0.25) is 4.79 Å². The van der Waals surface area contributed by atoms with E-state index in [1.165, 1.54) is 6.92 Å². The van der Waals surface area contributed by atoms with Gasteiger partial charge in [0.1, 0.15) is 5.60 Å². The second-order valence-electron chi connectivity index (χ2n) is 5.09. The van der Waals surface area contributed by atoms with Crippen LogP contribution in [0.3, 0.4) is 0 Å². The second-order valence-corrected chi connectivity index (χ2v) is 5.09. The van der Waals surface area contributed by atoms with E-state index in [-0.39, 0.29) is 5.78 Å². The molecule has 0 aromatic carbocycles. The number of Topliss-reactive ketones (excluding diaryl/α,β-unsaturated/α-hetero) is 1. The Balaban J connectivity index is 4.16. The first-order valence-electron chi connectivity index (χ1n) is 5.96. The summed E-state index contributed by atoms with van der Waals surface area (Å²) in [7, 11) is 0. The standard InChI is InChI=1S/C12H24N2O3/c1-9(15)10(7-5-6-8-13)14-11(16)17-12(2,3)4/h10H,5-8,13H2,1-4H3,(H,14,16)/t10-/m0/s1. The van der Waals surface area contributed by atoms with Gasteiger partial charge in [0.25, 0.3) is 0 Å². The Hall–Kier alpha value is -1.10. The number of hydrogen-bond donors (Lipinski definition) is 2. The molecule has 0 aromatic rings. The van der Waals surface area contributed by atoms with Crippen LogP contribution in [0.25, 0.3) is 0 Å². The van der Waals surface area contributed by atoms with Gasteiger partial charge in [0.15, 0.2) is 5.78 Å². The smallest absolute Gasteiger partial charge is 0.408 e. The predicted octanol–water partition coefficient (Wildman–Crippen LogP) is 1.60. The maximum absolute atomic E-state index is 11.5. The SMILES string of the molecule is CC(=O)[C@H](CCCCN)NC(=O)OC(C)(C)C. The first kappa shape index (κ1) is 15.9. The zero-order valence-corrected chi connectivity index (χ0v) is 11.2. The Bertz CT molecular complexity index is 259. The van der Waals surface area contributed by atoms with Crippen molar-refractivity contribution in [1.29, 1.82) is 0 Å². The van der Waals surface area contributed by atoms with Crippen molar-refractivity contribution < 1.29 is 14.3 Å². The third-order valence-electron chi connectivity index (χ3n) is 2.13. The molecule has 0 unspecified atom stereocenters. The number of ether oxygens (including phenoxy) is 1. The maximum atomic E-state index is 11.5. The van der Waals surface area contributed by atoms with Crippen LogP contribution in [0.1, 0.15) is 47.0 Å². The van der Waals surface area contributed by atoms with Crippen LogP contribution in [-0.2, 0) is 9.53 Å². The molecule has 0 radical (unpaired) electrons. The molecule has 0 saturated heterocycles. The van der Waals surface area contributed by atoms with E-state index in [4.69, 9.17) is 10.5 Å². The molecule has 0 fully saturated rings. The fraction of sp³-hybridized carbons (Fsp3) is 0.833. The largest absolute Gasteiger partial charge is 0.444 e. The Morgan fingerprint density at radius 2 is 1.88 bits per heavy atom. The van der Waals surface area contributed by atoms with Gasteiger partial charge in [-0.15, -0.1) is 0 Å². The number of ketones is 1. The normalized spacial score (nSPS) is 13.0. The summed E-state index contributed by atoms with van der Waals surface area (Å²) < 4.78 is 5.10. The summed E-state index contributed by atoms with van der Waals surface area (Å²) in [5, 5.41) is 2.58. The van der Waals surface area contributed by atoms with Gasteiger partial charge in [0, 0.05) is 0 Å². The Morgan fingerprint density at radius 3 is 2.29 bits per heavy atom. The zero-order valence-electron chi connectivity index (χ0n) is 11.2. The third kappa shape index (κ3) is 8.68. The molecule has 1 atom stereocenters. The summed E-state index contributed by atoms with van der Waals surface area (Å²) in [5.41, 5.74) is 4.83. The molecule has 0 aliphatic heterocycles. The van der Waals surface area contributed by atoms with E-state index < -0.39 is 17.7 Å². The van der Waals surface area contributed by atoms with Crippen molar-refractivity contribution in [3.63, 3.8) is 0 Å². The van der Waals surface area contributed by atoms with Crippen LogP contribution in [0, 0.1) is 0 Å². The lowest BCUT2D eigenvalue weighted by atomic mass is 10.1. The lowest BCUT2D eigenvalue weighted by Crippen LogP contribution is -2.42. The minimum absolute atomic E-state index is 0.0621. The van der Waals surface area contributed by atoms with Crippen molar-refractivity contribution in [2.75, 3.05) is 6.54 Å². The van der Waals surface area contributed by atoms with Gasteiger partial charge in [-0.1, -0.05) is 0 Å². The van der Waals surface area contributed by atoms with E-state index in [9.17, 15) is 9.59 Å². The highest BCUT2D eigenvalue weighted by Crippen LogP contribution is 2.08. The van der Waals surface area contributed by atoms with E-state index in [1.807, 2.05) is 0 Å². The van der Waals surface area contributed by atoms with Gasteiger partial charge in [0.05, 0.1) is 6.04 Å². The zero-order chi connectivity index (χ0) is 13.5. The first-order chi connectivity index (χ1) is 7.76. The van der Waals surface area contributed by atoms with Crippen LogP contribution in [-0.4, -0.2) is 30.1 Å². The summed E-state index contributed by atoms with van der Waals surface area (Å²) in [6.07, 6.45) is 1.72. The number of hydrogen-bond acceptors (Lipinski definition) is 4. The number of alkyl carbamates (subject to hydrolysis) is 1. The average molecular weight is 244 g/mol. The van der Waals surface area contributed by atoms with E-state index in [0.29, 0.717) is 13.0 Å². The molecule has 1 amide bonds. The van der Waals surface area contributed by atoms with E-state index in [1.54, 1.807) is 20.8 Å². The highest BCUT2D eigenvalue weighted by Gasteiger charge is 2.21. The number of nitrogens with one attached hydrogen (secondary N) is 1. The Morgan fingerprint density at radius 1 is 1.29 bits per heavy atom. The number of nitrogens with two attached hydrogens (primary N) is 1. The van der Waals surface area contributed by atoms with Crippen LogP contribution < -0.4 is 11.1 Å². The molecule has 3 N–H and O–H groups in total. The molecule has 0 bridgehead atoms. The first-order valence-corrected chi connectivity index (χ1v) is 5.96. The van der Waals surface area contributed by atoms with Gasteiger partial charge < -0.3 is 15.8 Å². The molecular weight excluding hydrogens is 220 g/mol. The Labute approximate surface area is 103 Å². The van der Waals surface area contributed by atoms with Crippen molar-refractivity contribution in [2.24, 2.45) is 5.73 Å². The minimum atomic E-state index is -0.553. The molecule has 0 spiro atoms. The monoisotopic (exact) mass is 244 g/mol. The van der Waals surface area contributed by atoms with E-state index in [0.717, 1.165) is 12.8 Å². The van der Waals surface area contributed by atoms with Crippen molar-refractivity contribution in [2.45, 2.75) is 58.6 Å². The van der Waals surface area contributed by atoms with Gasteiger partial charge in [-0.2, -0.15) is 0 Å². The molecule has 0 saturated carbocycles. The highest BCUT2D eigenvalue weighted by atomic mass is 16.6. The van der Waals surface area contributed by atoms with Crippen LogP contribution >= 0.6 is 0 Å². The van der Waals surface area contributed by atoms with Crippen molar-refractivity contribution >= 4 is 11.9 Å². The van der Waals surface area contributed by atoms with Gasteiger partial charge in [-0.25, -0.2) is 4.79 Å². The van der Waals surface area contributed by atoms with Crippen LogP contribution in [0.5, 0.6) is 0 Å². The number of unbranched alkanes of at least 4 members (excludes halogenated alkanes) is 1. The molecule has 100 valence electrons. The van der Waals surface area contributed by atoms with Crippen molar-refractivity contribution in [1.82, 2.24) is 5.32 Å². The van der Waals surface area contributed by atoms with Gasteiger partial charge in [0.2, 0.25) is 0 Å². The topological polar surface area (TPSA) is 81.4 Å². The molecule has 0 heterocycles. The maximum Gasteiger partial charge on any atom is 0.408 e. The predicted molar refractivity (Wildman–Crippen MR) is 66.7 cm³/mol. The summed E-state index contributed by atoms with van der Waals surface area (Å²) >= 11 is 0. The van der Waals surface area contributed by atoms with Crippen LogP contribution in [0.2, 0.25) is 0 Å². The molecule has 0 rings (SSSR count).